The number of rotatable bonds is 2. The van der Waals surface area contributed by atoms with Gasteiger partial charge >= 0.3 is 0 Å². The van der Waals surface area contributed by atoms with E-state index in [0.717, 1.165) is 52.1 Å². The van der Waals surface area contributed by atoms with Crippen LogP contribution < -0.4 is 0 Å². The molecular weight excluding hydrogens is 302 g/mol. The molecule has 0 atom stereocenters. The molecule has 0 radical (unpaired) electrons. The van der Waals surface area contributed by atoms with Gasteiger partial charge in [0.05, 0.1) is 0 Å². The molecule has 130 valence electrons. The van der Waals surface area contributed by atoms with Crippen LogP contribution in [0.2, 0.25) is 0 Å². The fourth-order valence-corrected chi connectivity index (χ4v) is 3.37. The van der Waals surface area contributed by atoms with Gasteiger partial charge in [0.25, 0.3) is 11.8 Å². The molecule has 2 saturated heterocycles. The van der Waals surface area contributed by atoms with Crippen molar-refractivity contribution in [1.29, 1.82) is 0 Å². The van der Waals surface area contributed by atoms with Gasteiger partial charge in [0.2, 0.25) is 0 Å². The van der Waals surface area contributed by atoms with E-state index in [1.807, 2.05) is 28.0 Å². The largest absolute Gasteiger partial charge is 0.339 e. The Labute approximate surface area is 144 Å². The van der Waals surface area contributed by atoms with Crippen LogP contribution in [0.3, 0.4) is 0 Å². The second kappa shape index (κ2) is 7.34. The number of piperidine rings is 1. The van der Waals surface area contributed by atoms with Crippen molar-refractivity contribution in [3.05, 3.63) is 35.4 Å². The molecular formula is C19H27N3O2. The number of piperazine rings is 1. The SMILES string of the molecule is CC1CCN(C(=O)c2cccc(C(=O)N3CCN(C)CC3)c2)CC1. The number of likely N-dealkylation sites (tertiary alicyclic amines) is 1. The van der Waals surface area contributed by atoms with Crippen molar-refractivity contribution in [1.82, 2.24) is 14.7 Å². The summed E-state index contributed by atoms with van der Waals surface area (Å²) in [4.78, 5) is 31.4. The van der Waals surface area contributed by atoms with E-state index >= 15 is 0 Å². The molecule has 5 nitrogen and oxygen atoms in total. The highest BCUT2D eigenvalue weighted by Gasteiger charge is 2.24. The van der Waals surface area contributed by atoms with Crippen LogP contribution in [0.15, 0.2) is 24.3 Å². The highest BCUT2D eigenvalue weighted by atomic mass is 16.2. The third kappa shape index (κ3) is 3.78. The molecule has 2 fully saturated rings. The third-order valence-electron chi connectivity index (χ3n) is 5.22. The van der Waals surface area contributed by atoms with Crippen molar-refractivity contribution >= 4 is 11.8 Å². The van der Waals surface area contributed by atoms with E-state index < -0.39 is 0 Å². The van der Waals surface area contributed by atoms with Crippen LogP contribution >= 0.6 is 0 Å². The fraction of sp³-hybridized carbons (Fsp3) is 0.579. The van der Waals surface area contributed by atoms with E-state index in [9.17, 15) is 9.59 Å². The highest BCUT2D eigenvalue weighted by molar-refractivity contribution is 5.99. The maximum Gasteiger partial charge on any atom is 0.253 e. The second-order valence-corrected chi connectivity index (χ2v) is 7.15. The van der Waals surface area contributed by atoms with E-state index in [-0.39, 0.29) is 11.8 Å². The lowest BCUT2D eigenvalue weighted by molar-refractivity contribution is 0.0664. The Balaban J connectivity index is 1.69. The molecule has 2 aliphatic rings. The Kier molecular flexibility index (Phi) is 5.19. The number of benzene rings is 1. The monoisotopic (exact) mass is 329 g/mol. The van der Waals surface area contributed by atoms with Gasteiger partial charge in [-0.3, -0.25) is 9.59 Å². The van der Waals surface area contributed by atoms with Crippen molar-refractivity contribution in [3.8, 4) is 0 Å². The number of amides is 2. The van der Waals surface area contributed by atoms with Gasteiger partial charge in [-0.15, -0.1) is 0 Å². The molecule has 24 heavy (non-hydrogen) atoms. The number of nitrogens with zero attached hydrogens (tertiary/aromatic N) is 3. The highest BCUT2D eigenvalue weighted by Crippen LogP contribution is 2.19. The first-order valence-electron chi connectivity index (χ1n) is 8.92. The van der Waals surface area contributed by atoms with Gasteiger partial charge in [-0.05, 0) is 44.0 Å². The number of hydrogen-bond donors (Lipinski definition) is 0. The Hall–Kier alpha value is -1.88. The van der Waals surface area contributed by atoms with Gasteiger partial charge in [0, 0.05) is 50.4 Å². The van der Waals surface area contributed by atoms with Crippen LogP contribution in [0.4, 0.5) is 0 Å². The lowest BCUT2D eigenvalue weighted by Crippen LogP contribution is -2.47. The average Bonchev–Trinajstić information content (AvgIpc) is 2.62. The van der Waals surface area contributed by atoms with Gasteiger partial charge in [-0.1, -0.05) is 13.0 Å². The number of likely N-dealkylation sites (N-methyl/N-ethyl adjacent to an activating group) is 1. The lowest BCUT2D eigenvalue weighted by Gasteiger charge is -2.32. The summed E-state index contributed by atoms with van der Waals surface area (Å²) in [6, 6.07) is 7.22. The molecule has 0 bridgehead atoms. The van der Waals surface area contributed by atoms with E-state index in [1.165, 1.54) is 0 Å². The molecule has 0 saturated carbocycles. The topological polar surface area (TPSA) is 43.9 Å². The second-order valence-electron chi connectivity index (χ2n) is 7.15. The predicted octanol–water partition coefficient (Wildman–Crippen LogP) is 1.95. The van der Waals surface area contributed by atoms with Crippen LogP contribution in [-0.4, -0.2) is 72.8 Å². The molecule has 0 spiro atoms. The Morgan fingerprint density at radius 2 is 1.38 bits per heavy atom. The zero-order valence-corrected chi connectivity index (χ0v) is 14.7. The quantitative estimate of drug-likeness (QED) is 0.833. The van der Waals surface area contributed by atoms with Crippen LogP contribution in [0.5, 0.6) is 0 Å². The molecule has 2 heterocycles. The summed E-state index contributed by atoms with van der Waals surface area (Å²) in [6.07, 6.45) is 2.12. The minimum Gasteiger partial charge on any atom is -0.339 e. The molecule has 1 aromatic carbocycles. The van der Waals surface area contributed by atoms with Crippen LogP contribution in [0, 0.1) is 5.92 Å². The number of hydrogen-bond acceptors (Lipinski definition) is 3. The molecule has 0 aromatic heterocycles. The van der Waals surface area contributed by atoms with E-state index in [1.54, 1.807) is 6.07 Å². The summed E-state index contributed by atoms with van der Waals surface area (Å²) in [5, 5.41) is 0. The van der Waals surface area contributed by atoms with Crippen molar-refractivity contribution in [2.75, 3.05) is 46.3 Å². The van der Waals surface area contributed by atoms with Gasteiger partial charge in [0.15, 0.2) is 0 Å². The first-order valence-corrected chi connectivity index (χ1v) is 8.92. The average molecular weight is 329 g/mol. The molecule has 0 N–H and O–H groups in total. The standard InChI is InChI=1S/C19H27N3O2/c1-15-6-8-21(9-7-15)18(23)16-4-3-5-17(14-16)19(24)22-12-10-20(2)11-13-22/h3-5,14-15H,6-13H2,1-2H3. The summed E-state index contributed by atoms with van der Waals surface area (Å²) in [5.41, 5.74) is 1.25. The molecule has 0 aliphatic carbocycles. The Bertz CT molecular complexity index is 551. The van der Waals surface area contributed by atoms with Gasteiger partial charge in [-0.25, -0.2) is 0 Å². The molecule has 3 rings (SSSR count). The summed E-state index contributed by atoms with van der Waals surface area (Å²) >= 11 is 0. The normalized spacial score (nSPS) is 20.2. The zero-order valence-electron chi connectivity index (χ0n) is 14.7. The minimum absolute atomic E-state index is 0.0324. The summed E-state index contributed by atoms with van der Waals surface area (Å²) in [7, 11) is 2.07. The maximum atomic E-state index is 12.7. The predicted molar refractivity (Wildman–Crippen MR) is 94.1 cm³/mol. The molecule has 1 aromatic rings. The smallest absolute Gasteiger partial charge is 0.253 e. The van der Waals surface area contributed by atoms with E-state index in [0.29, 0.717) is 17.0 Å². The van der Waals surface area contributed by atoms with E-state index in [2.05, 4.69) is 18.9 Å². The molecule has 5 heteroatoms. The Morgan fingerprint density at radius 3 is 1.92 bits per heavy atom. The van der Waals surface area contributed by atoms with Crippen molar-refractivity contribution in [2.24, 2.45) is 5.92 Å². The molecule has 0 unspecified atom stereocenters. The van der Waals surface area contributed by atoms with Crippen LogP contribution in [0.1, 0.15) is 40.5 Å². The minimum atomic E-state index is 0.0324. The van der Waals surface area contributed by atoms with Crippen LogP contribution in [0.25, 0.3) is 0 Å². The number of carbonyl (C=O) groups excluding carboxylic acids is 2. The summed E-state index contributed by atoms with van der Waals surface area (Å²) in [6.45, 7) is 7.16. The van der Waals surface area contributed by atoms with Crippen molar-refractivity contribution in [3.63, 3.8) is 0 Å². The van der Waals surface area contributed by atoms with Crippen molar-refractivity contribution in [2.45, 2.75) is 19.8 Å². The fourth-order valence-electron chi connectivity index (χ4n) is 3.37. The van der Waals surface area contributed by atoms with Gasteiger partial charge < -0.3 is 14.7 Å². The molecule has 2 aliphatic heterocycles. The maximum absolute atomic E-state index is 12.7. The van der Waals surface area contributed by atoms with Gasteiger partial charge in [0.1, 0.15) is 0 Å². The first kappa shape index (κ1) is 17.0. The molecule has 2 amide bonds. The lowest BCUT2D eigenvalue weighted by atomic mass is 9.98. The zero-order chi connectivity index (χ0) is 17.1. The van der Waals surface area contributed by atoms with Gasteiger partial charge in [-0.2, -0.15) is 0 Å². The number of carbonyl (C=O) groups is 2. The van der Waals surface area contributed by atoms with Crippen molar-refractivity contribution < 1.29 is 9.59 Å². The summed E-state index contributed by atoms with van der Waals surface area (Å²) < 4.78 is 0. The van der Waals surface area contributed by atoms with E-state index in [4.69, 9.17) is 0 Å². The Morgan fingerprint density at radius 1 is 0.875 bits per heavy atom. The third-order valence-corrected chi connectivity index (χ3v) is 5.22. The first-order chi connectivity index (χ1) is 11.5. The van der Waals surface area contributed by atoms with Crippen LogP contribution in [-0.2, 0) is 0 Å². The summed E-state index contributed by atoms with van der Waals surface area (Å²) in [5.74, 6) is 0.777.